The number of amides is 1. The maximum atomic E-state index is 11.2. The maximum absolute atomic E-state index is 11.2. The number of likely N-dealkylation sites (N-methyl/N-ethyl adjacent to an activating group) is 1. The van der Waals surface area contributed by atoms with Crippen molar-refractivity contribution in [2.45, 2.75) is 12.5 Å². The standard InChI is InChI=1S/C13H18N2O3/c1-14-13(17)5-6-15(2)11-8-18-12-7-9(16)3-4-10(11)12/h3-4,7,11,16H,5-6,8H2,1-2H3,(H,14,17). The minimum atomic E-state index is 0.0340. The van der Waals surface area contributed by atoms with Crippen molar-refractivity contribution < 1.29 is 14.6 Å². The van der Waals surface area contributed by atoms with Gasteiger partial charge in [0.25, 0.3) is 0 Å². The van der Waals surface area contributed by atoms with Crippen LogP contribution in [0.5, 0.6) is 11.5 Å². The number of hydrogen-bond acceptors (Lipinski definition) is 4. The number of carbonyl (C=O) groups excluding carboxylic acids is 1. The van der Waals surface area contributed by atoms with Gasteiger partial charge in [-0.05, 0) is 19.2 Å². The van der Waals surface area contributed by atoms with Crippen LogP contribution in [0.2, 0.25) is 0 Å². The summed E-state index contributed by atoms with van der Waals surface area (Å²) < 4.78 is 5.54. The lowest BCUT2D eigenvalue weighted by Crippen LogP contribution is -2.30. The Balaban J connectivity index is 2.02. The molecule has 1 aliphatic heterocycles. The first-order valence-corrected chi connectivity index (χ1v) is 5.98. The van der Waals surface area contributed by atoms with Crippen LogP contribution in [-0.2, 0) is 4.79 Å². The lowest BCUT2D eigenvalue weighted by molar-refractivity contribution is -0.121. The number of ether oxygens (including phenoxy) is 1. The molecular weight excluding hydrogens is 232 g/mol. The zero-order valence-corrected chi connectivity index (χ0v) is 10.6. The van der Waals surface area contributed by atoms with Crippen LogP contribution in [0.1, 0.15) is 18.0 Å². The number of nitrogens with zero attached hydrogens (tertiary/aromatic N) is 1. The first-order chi connectivity index (χ1) is 8.61. The predicted molar refractivity (Wildman–Crippen MR) is 67.7 cm³/mol. The molecule has 1 heterocycles. The van der Waals surface area contributed by atoms with Crippen molar-refractivity contribution in [3.63, 3.8) is 0 Å². The number of aromatic hydroxyl groups is 1. The van der Waals surface area contributed by atoms with E-state index in [1.165, 1.54) is 0 Å². The van der Waals surface area contributed by atoms with E-state index in [4.69, 9.17) is 4.74 Å². The molecule has 1 aromatic carbocycles. The topological polar surface area (TPSA) is 61.8 Å². The molecule has 2 N–H and O–H groups in total. The third kappa shape index (κ3) is 2.56. The lowest BCUT2D eigenvalue weighted by atomic mass is 10.1. The highest BCUT2D eigenvalue weighted by Crippen LogP contribution is 2.37. The Kier molecular flexibility index (Phi) is 3.72. The van der Waals surface area contributed by atoms with Gasteiger partial charge in [0.2, 0.25) is 5.91 Å². The zero-order chi connectivity index (χ0) is 13.1. The molecule has 1 aromatic rings. The van der Waals surface area contributed by atoms with Crippen LogP contribution in [0.3, 0.4) is 0 Å². The molecule has 0 bridgehead atoms. The van der Waals surface area contributed by atoms with E-state index in [0.717, 1.165) is 11.3 Å². The van der Waals surface area contributed by atoms with Gasteiger partial charge in [0.15, 0.2) is 0 Å². The Morgan fingerprint density at radius 3 is 3.11 bits per heavy atom. The average molecular weight is 250 g/mol. The Bertz CT molecular complexity index is 448. The third-order valence-electron chi connectivity index (χ3n) is 3.26. The number of phenolic OH excluding ortho intramolecular Hbond substituents is 1. The van der Waals surface area contributed by atoms with E-state index in [1.54, 1.807) is 19.2 Å². The number of rotatable bonds is 4. The predicted octanol–water partition coefficient (Wildman–Crippen LogP) is 0.894. The van der Waals surface area contributed by atoms with Gasteiger partial charge in [-0.1, -0.05) is 0 Å². The smallest absolute Gasteiger partial charge is 0.221 e. The minimum Gasteiger partial charge on any atom is -0.508 e. The fraction of sp³-hybridized carbons (Fsp3) is 0.462. The molecular formula is C13H18N2O3. The largest absolute Gasteiger partial charge is 0.508 e. The van der Waals surface area contributed by atoms with Crippen molar-refractivity contribution in [3.8, 4) is 11.5 Å². The third-order valence-corrected chi connectivity index (χ3v) is 3.26. The van der Waals surface area contributed by atoms with Crippen molar-refractivity contribution in [2.75, 3.05) is 27.2 Å². The van der Waals surface area contributed by atoms with Gasteiger partial charge >= 0.3 is 0 Å². The van der Waals surface area contributed by atoms with Gasteiger partial charge in [0.1, 0.15) is 18.1 Å². The summed E-state index contributed by atoms with van der Waals surface area (Å²) in [6.07, 6.45) is 0.469. The quantitative estimate of drug-likeness (QED) is 0.833. The number of fused-ring (bicyclic) bond motifs is 1. The second-order valence-corrected chi connectivity index (χ2v) is 4.45. The average Bonchev–Trinajstić information content (AvgIpc) is 2.78. The van der Waals surface area contributed by atoms with Crippen LogP contribution in [-0.4, -0.2) is 43.2 Å². The monoisotopic (exact) mass is 250 g/mol. The summed E-state index contributed by atoms with van der Waals surface area (Å²) in [5.74, 6) is 0.973. The molecule has 98 valence electrons. The molecule has 18 heavy (non-hydrogen) atoms. The Morgan fingerprint density at radius 1 is 1.61 bits per heavy atom. The van der Waals surface area contributed by atoms with E-state index in [1.807, 2.05) is 13.1 Å². The van der Waals surface area contributed by atoms with E-state index in [2.05, 4.69) is 10.2 Å². The fourth-order valence-corrected chi connectivity index (χ4v) is 2.11. The van der Waals surface area contributed by atoms with E-state index in [9.17, 15) is 9.90 Å². The summed E-state index contributed by atoms with van der Waals surface area (Å²) in [6, 6.07) is 5.30. The van der Waals surface area contributed by atoms with E-state index in [-0.39, 0.29) is 17.7 Å². The summed E-state index contributed by atoms with van der Waals surface area (Å²) in [7, 11) is 3.61. The van der Waals surface area contributed by atoms with Gasteiger partial charge < -0.3 is 15.2 Å². The van der Waals surface area contributed by atoms with Crippen molar-refractivity contribution in [1.29, 1.82) is 0 Å². The van der Waals surface area contributed by atoms with E-state index >= 15 is 0 Å². The highest BCUT2D eigenvalue weighted by molar-refractivity contribution is 5.75. The highest BCUT2D eigenvalue weighted by atomic mass is 16.5. The molecule has 1 unspecified atom stereocenters. The highest BCUT2D eigenvalue weighted by Gasteiger charge is 2.27. The number of nitrogens with one attached hydrogen (secondary N) is 1. The van der Waals surface area contributed by atoms with Gasteiger partial charge in [-0.3, -0.25) is 9.69 Å². The first-order valence-electron chi connectivity index (χ1n) is 5.98. The molecule has 0 aromatic heterocycles. The van der Waals surface area contributed by atoms with Crippen molar-refractivity contribution in [2.24, 2.45) is 0 Å². The minimum absolute atomic E-state index is 0.0340. The molecule has 1 atom stereocenters. The zero-order valence-electron chi connectivity index (χ0n) is 10.6. The van der Waals surface area contributed by atoms with E-state index < -0.39 is 0 Å². The number of benzene rings is 1. The van der Waals surface area contributed by atoms with Crippen LogP contribution in [0.15, 0.2) is 18.2 Å². The number of carbonyl (C=O) groups is 1. The van der Waals surface area contributed by atoms with E-state index in [0.29, 0.717) is 19.6 Å². The summed E-state index contributed by atoms with van der Waals surface area (Å²) >= 11 is 0. The second kappa shape index (κ2) is 5.27. The van der Waals surface area contributed by atoms with Crippen LogP contribution in [0.25, 0.3) is 0 Å². The summed E-state index contributed by atoms with van der Waals surface area (Å²) in [5.41, 5.74) is 1.06. The number of phenols is 1. The van der Waals surface area contributed by atoms with Gasteiger partial charge in [-0.25, -0.2) is 0 Å². The summed E-state index contributed by atoms with van der Waals surface area (Å²) in [4.78, 5) is 13.3. The molecule has 5 heteroatoms. The first kappa shape index (κ1) is 12.7. The van der Waals surface area contributed by atoms with Crippen molar-refractivity contribution in [1.82, 2.24) is 10.2 Å². The molecule has 2 rings (SSSR count). The Hall–Kier alpha value is -1.75. The maximum Gasteiger partial charge on any atom is 0.221 e. The number of hydrogen-bond donors (Lipinski definition) is 2. The Labute approximate surface area is 106 Å². The van der Waals surface area contributed by atoms with Gasteiger partial charge in [0.05, 0.1) is 6.04 Å². The normalized spacial score (nSPS) is 17.4. The van der Waals surface area contributed by atoms with Crippen LogP contribution in [0.4, 0.5) is 0 Å². The van der Waals surface area contributed by atoms with Crippen molar-refractivity contribution >= 4 is 5.91 Å². The van der Waals surface area contributed by atoms with Gasteiger partial charge in [-0.2, -0.15) is 0 Å². The van der Waals surface area contributed by atoms with Crippen LogP contribution < -0.4 is 10.1 Å². The second-order valence-electron chi connectivity index (χ2n) is 4.45. The summed E-state index contributed by atoms with van der Waals surface area (Å²) in [5, 5.41) is 12.0. The molecule has 5 nitrogen and oxygen atoms in total. The van der Waals surface area contributed by atoms with Crippen molar-refractivity contribution in [3.05, 3.63) is 23.8 Å². The molecule has 0 saturated carbocycles. The van der Waals surface area contributed by atoms with Crippen LogP contribution in [0, 0.1) is 0 Å². The van der Waals surface area contributed by atoms with Gasteiger partial charge in [0, 0.05) is 31.6 Å². The summed E-state index contributed by atoms with van der Waals surface area (Å²) in [6.45, 7) is 1.23. The van der Waals surface area contributed by atoms with Gasteiger partial charge in [-0.15, -0.1) is 0 Å². The molecule has 0 saturated heterocycles. The Morgan fingerprint density at radius 2 is 2.39 bits per heavy atom. The fourth-order valence-electron chi connectivity index (χ4n) is 2.11. The molecule has 0 aliphatic carbocycles. The molecule has 0 spiro atoms. The molecule has 0 radical (unpaired) electrons. The SMILES string of the molecule is CNC(=O)CCN(C)C1COc2cc(O)ccc21. The molecule has 1 aliphatic rings. The molecule has 1 amide bonds. The lowest BCUT2D eigenvalue weighted by Gasteiger charge is -2.22. The van der Waals surface area contributed by atoms with Crippen LogP contribution >= 0.6 is 0 Å². The molecule has 0 fully saturated rings.